The normalized spacial score (nSPS) is 26.6. The van der Waals surface area contributed by atoms with Gasteiger partial charge in [0.25, 0.3) is 0 Å². The van der Waals surface area contributed by atoms with Crippen LogP contribution in [0, 0.1) is 5.92 Å². The van der Waals surface area contributed by atoms with Gasteiger partial charge in [-0.05, 0) is 25.3 Å². The van der Waals surface area contributed by atoms with Gasteiger partial charge in [-0.25, -0.2) is 0 Å². The molecule has 0 heterocycles. The van der Waals surface area contributed by atoms with Gasteiger partial charge in [-0.2, -0.15) is 0 Å². The molecule has 2 aliphatic carbocycles. The topological polar surface area (TPSA) is 63.6 Å². The van der Waals surface area contributed by atoms with Crippen molar-refractivity contribution in [2.24, 2.45) is 5.92 Å². The van der Waals surface area contributed by atoms with Gasteiger partial charge in [-0.15, -0.1) is 0 Å². The van der Waals surface area contributed by atoms with E-state index in [9.17, 15) is 14.7 Å². The fraction of sp³-hybridized carbons (Fsp3) is 0.444. The molecule has 4 nitrogen and oxygen atoms in total. The highest BCUT2D eigenvalue weighted by Crippen LogP contribution is 2.41. The minimum absolute atomic E-state index is 0.313. The van der Waals surface area contributed by atoms with E-state index in [2.05, 4.69) is 0 Å². The SMILES string of the molecule is CO/C1=C/CCCCCC1C1(O)C(=O)c2ccccc2C1=O. The van der Waals surface area contributed by atoms with Crippen LogP contribution in [0.5, 0.6) is 0 Å². The Morgan fingerprint density at radius 1 is 1.09 bits per heavy atom. The molecule has 1 N–H and O–H groups in total. The highest BCUT2D eigenvalue weighted by molar-refractivity contribution is 6.32. The Morgan fingerprint density at radius 2 is 1.73 bits per heavy atom. The number of benzene rings is 1. The zero-order valence-electron chi connectivity index (χ0n) is 12.7. The third kappa shape index (κ3) is 2.10. The van der Waals surface area contributed by atoms with Gasteiger partial charge >= 0.3 is 0 Å². The van der Waals surface area contributed by atoms with E-state index in [4.69, 9.17) is 4.74 Å². The zero-order valence-corrected chi connectivity index (χ0v) is 12.7. The molecule has 0 amide bonds. The summed E-state index contributed by atoms with van der Waals surface area (Å²) in [6.07, 6.45) is 6.26. The number of carbonyl (C=O) groups is 2. The number of rotatable bonds is 2. The lowest BCUT2D eigenvalue weighted by atomic mass is 9.77. The maximum Gasteiger partial charge on any atom is 0.203 e. The van der Waals surface area contributed by atoms with Crippen molar-refractivity contribution < 1.29 is 19.4 Å². The monoisotopic (exact) mass is 300 g/mol. The smallest absolute Gasteiger partial charge is 0.203 e. The molecule has 3 rings (SSSR count). The predicted octanol–water partition coefficient (Wildman–Crippen LogP) is 2.91. The minimum atomic E-state index is -2.02. The first kappa shape index (κ1) is 15.0. The summed E-state index contributed by atoms with van der Waals surface area (Å²) in [7, 11) is 1.53. The van der Waals surface area contributed by atoms with Gasteiger partial charge in [0.05, 0.1) is 18.8 Å². The lowest BCUT2D eigenvalue weighted by Gasteiger charge is -2.32. The van der Waals surface area contributed by atoms with E-state index >= 15 is 0 Å². The molecule has 1 unspecified atom stereocenters. The Labute approximate surface area is 129 Å². The van der Waals surface area contributed by atoms with Crippen molar-refractivity contribution in [1.82, 2.24) is 0 Å². The number of carbonyl (C=O) groups excluding carboxylic acids is 2. The average molecular weight is 300 g/mol. The lowest BCUT2D eigenvalue weighted by Crippen LogP contribution is -2.49. The van der Waals surface area contributed by atoms with Crippen molar-refractivity contribution in [2.75, 3.05) is 7.11 Å². The van der Waals surface area contributed by atoms with Crippen LogP contribution in [-0.2, 0) is 4.74 Å². The third-order valence-electron chi connectivity index (χ3n) is 4.73. The summed E-state index contributed by atoms with van der Waals surface area (Å²) in [6.45, 7) is 0. The molecule has 0 saturated carbocycles. The summed E-state index contributed by atoms with van der Waals surface area (Å²) in [4.78, 5) is 25.5. The summed E-state index contributed by atoms with van der Waals surface area (Å²) in [5.41, 5.74) is -1.40. The van der Waals surface area contributed by atoms with Crippen molar-refractivity contribution in [1.29, 1.82) is 0 Å². The second-order valence-corrected chi connectivity index (χ2v) is 5.97. The number of ether oxygens (including phenoxy) is 1. The molecule has 0 bridgehead atoms. The first-order valence-electron chi connectivity index (χ1n) is 7.75. The number of hydrogen-bond acceptors (Lipinski definition) is 4. The Balaban J connectivity index is 2.07. The fourth-order valence-corrected chi connectivity index (χ4v) is 3.55. The average Bonchev–Trinajstić information content (AvgIpc) is 2.70. The molecule has 1 aromatic rings. The van der Waals surface area contributed by atoms with Gasteiger partial charge in [0, 0.05) is 11.1 Å². The van der Waals surface area contributed by atoms with Crippen LogP contribution < -0.4 is 0 Å². The van der Waals surface area contributed by atoms with Gasteiger partial charge in [-0.1, -0.05) is 37.1 Å². The Morgan fingerprint density at radius 3 is 2.32 bits per heavy atom. The molecule has 0 saturated heterocycles. The van der Waals surface area contributed by atoms with E-state index in [-0.39, 0.29) is 0 Å². The molecule has 0 fully saturated rings. The van der Waals surface area contributed by atoms with Crippen LogP contribution in [0.2, 0.25) is 0 Å². The van der Waals surface area contributed by atoms with Crippen LogP contribution in [0.15, 0.2) is 36.1 Å². The van der Waals surface area contributed by atoms with Crippen molar-refractivity contribution in [3.63, 3.8) is 0 Å². The van der Waals surface area contributed by atoms with Gasteiger partial charge in [0.2, 0.25) is 17.2 Å². The van der Waals surface area contributed by atoms with Crippen LogP contribution in [0.25, 0.3) is 0 Å². The van der Waals surface area contributed by atoms with Crippen LogP contribution in [0.1, 0.15) is 52.8 Å². The maximum absolute atomic E-state index is 12.7. The van der Waals surface area contributed by atoms with Crippen molar-refractivity contribution in [2.45, 2.75) is 37.7 Å². The summed E-state index contributed by atoms with van der Waals surface area (Å²) >= 11 is 0. The van der Waals surface area contributed by atoms with Crippen LogP contribution >= 0.6 is 0 Å². The number of hydrogen-bond donors (Lipinski definition) is 1. The second-order valence-electron chi connectivity index (χ2n) is 5.97. The summed E-state index contributed by atoms with van der Waals surface area (Å²) in [5.74, 6) is -1.05. The third-order valence-corrected chi connectivity index (χ3v) is 4.73. The number of fused-ring (bicyclic) bond motifs is 1. The summed E-state index contributed by atoms with van der Waals surface area (Å²) < 4.78 is 5.41. The minimum Gasteiger partial charge on any atom is -0.501 e. The number of allylic oxidation sites excluding steroid dienone is 1. The van der Waals surface area contributed by atoms with E-state index in [0.29, 0.717) is 23.3 Å². The number of aliphatic hydroxyl groups is 1. The molecule has 1 atom stereocenters. The van der Waals surface area contributed by atoms with Gasteiger partial charge < -0.3 is 9.84 Å². The molecule has 0 aromatic heterocycles. The Hall–Kier alpha value is -1.94. The molecule has 1 aromatic carbocycles. The van der Waals surface area contributed by atoms with Crippen LogP contribution in [-0.4, -0.2) is 29.4 Å². The maximum atomic E-state index is 12.7. The standard InChI is InChI=1S/C18H20O4/c1-22-15-11-5-3-2-4-10-14(15)18(21)16(19)12-8-6-7-9-13(12)17(18)20/h6-9,11,14,21H,2-5,10H2,1H3/b15-11+. The lowest BCUT2D eigenvalue weighted by molar-refractivity contribution is 0.00252. The van der Waals surface area contributed by atoms with E-state index in [1.165, 1.54) is 7.11 Å². The highest BCUT2D eigenvalue weighted by Gasteiger charge is 2.57. The highest BCUT2D eigenvalue weighted by atomic mass is 16.5. The largest absolute Gasteiger partial charge is 0.501 e. The predicted molar refractivity (Wildman–Crippen MR) is 81.7 cm³/mol. The van der Waals surface area contributed by atoms with Crippen LogP contribution in [0.3, 0.4) is 0 Å². The fourth-order valence-electron chi connectivity index (χ4n) is 3.55. The van der Waals surface area contributed by atoms with E-state index < -0.39 is 23.1 Å². The first-order chi connectivity index (χ1) is 10.6. The second kappa shape index (κ2) is 5.69. The van der Waals surface area contributed by atoms with E-state index in [1.807, 2.05) is 6.08 Å². The first-order valence-corrected chi connectivity index (χ1v) is 7.75. The number of Topliss-reactive ketones (excluding diaryl/α,β-unsaturated/α-hetero) is 2. The van der Waals surface area contributed by atoms with Gasteiger partial charge in [-0.3, -0.25) is 9.59 Å². The van der Waals surface area contributed by atoms with Crippen molar-refractivity contribution in [3.8, 4) is 0 Å². The molecule has 116 valence electrons. The molecule has 4 heteroatoms. The molecular weight excluding hydrogens is 280 g/mol. The molecule has 0 radical (unpaired) electrons. The van der Waals surface area contributed by atoms with Crippen molar-refractivity contribution in [3.05, 3.63) is 47.2 Å². The van der Waals surface area contributed by atoms with Crippen molar-refractivity contribution >= 4 is 11.6 Å². The Kier molecular flexibility index (Phi) is 3.87. The molecule has 0 spiro atoms. The molecule has 22 heavy (non-hydrogen) atoms. The summed E-state index contributed by atoms with van der Waals surface area (Å²) in [5, 5.41) is 11.1. The molecule has 2 aliphatic rings. The Bertz CT molecular complexity index is 609. The van der Waals surface area contributed by atoms with Gasteiger partial charge in [0.1, 0.15) is 0 Å². The number of methoxy groups -OCH3 is 1. The van der Waals surface area contributed by atoms with E-state index in [1.54, 1.807) is 24.3 Å². The summed E-state index contributed by atoms with van der Waals surface area (Å²) in [6, 6.07) is 6.63. The van der Waals surface area contributed by atoms with Gasteiger partial charge in [0.15, 0.2) is 0 Å². The quantitative estimate of drug-likeness (QED) is 0.853. The molecule has 0 aliphatic heterocycles. The number of ketones is 2. The zero-order chi connectivity index (χ0) is 15.7. The van der Waals surface area contributed by atoms with E-state index in [0.717, 1.165) is 25.7 Å². The molecular formula is C18H20O4. The van der Waals surface area contributed by atoms with Crippen LogP contribution in [0.4, 0.5) is 0 Å².